The Kier molecular flexibility index (Phi) is 5.15. The second kappa shape index (κ2) is 7.68. The van der Waals surface area contributed by atoms with Gasteiger partial charge in [0.25, 0.3) is 0 Å². The molecule has 1 aliphatic heterocycles. The molecule has 1 aromatic carbocycles. The normalized spacial score (nSPS) is 14.4. The van der Waals surface area contributed by atoms with Gasteiger partial charge >= 0.3 is 6.03 Å². The van der Waals surface area contributed by atoms with Gasteiger partial charge in [0.1, 0.15) is 5.75 Å². The fraction of sp³-hybridized carbons (Fsp3) is 0.333. The molecule has 0 bridgehead atoms. The molecule has 0 spiro atoms. The quantitative estimate of drug-likeness (QED) is 0.939. The number of hydrogen-bond acceptors (Lipinski definition) is 4. The van der Waals surface area contributed by atoms with Gasteiger partial charge < -0.3 is 19.9 Å². The van der Waals surface area contributed by atoms with Crippen LogP contribution in [0.3, 0.4) is 0 Å². The molecule has 3 rings (SSSR count). The average Bonchev–Trinajstić information content (AvgIpc) is 2.63. The van der Waals surface area contributed by atoms with E-state index >= 15 is 0 Å². The maximum Gasteiger partial charge on any atom is 0.321 e. The molecule has 2 amide bonds. The van der Waals surface area contributed by atoms with Gasteiger partial charge in [0.15, 0.2) is 0 Å². The van der Waals surface area contributed by atoms with E-state index in [1.165, 1.54) is 0 Å². The van der Waals surface area contributed by atoms with E-state index < -0.39 is 0 Å². The Balaban J connectivity index is 1.59. The van der Waals surface area contributed by atoms with Crippen molar-refractivity contribution >= 4 is 17.4 Å². The van der Waals surface area contributed by atoms with Gasteiger partial charge in [-0.3, -0.25) is 4.98 Å². The molecule has 0 aliphatic carbocycles. The Morgan fingerprint density at radius 1 is 1.12 bits per heavy atom. The van der Waals surface area contributed by atoms with Crippen LogP contribution in [0.15, 0.2) is 48.8 Å². The molecule has 0 atom stereocenters. The molecule has 6 nitrogen and oxygen atoms in total. The SMILES string of the molecule is CCOc1ccccc1N1CCN(C(=O)Nc2ccncc2)CC1. The van der Waals surface area contributed by atoms with Crippen molar-refractivity contribution in [1.82, 2.24) is 9.88 Å². The van der Waals surface area contributed by atoms with Gasteiger partial charge in [-0.2, -0.15) is 0 Å². The summed E-state index contributed by atoms with van der Waals surface area (Å²) < 4.78 is 5.70. The van der Waals surface area contributed by atoms with Crippen molar-refractivity contribution in [3.63, 3.8) is 0 Å². The standard InChI is InChI=1S/C18H22N4O2/c1-2-24-17-6-4-3-5-16(17)21-11-13-22(14-12-21)18(23)20-15-7-9-19-10-8-15/h3-10H,2,11-14H2,1H3,(H,19,20,23). The van der Waals surface area contributed by atoms with E-state index in [-0.39, 0.29) is 6.03 Å². The molecule has 6 heteroatoms. The summed E-state index contributed by atoms with van der Waals surface area (Å²) in [5.41, 5.74) is 1.85. The maximum absolute atomic E-state index is 12.3. The molecule has 2 heterocycles. The number of amides is 2. The number of carbonyl (C=O) groups excluding carboxylic acids is 1. The monoisotopic (exact) mass is 326 g/mol. The summed E-state index contributed by atoms with van der Waals surface area (Å²) in [6, 6.07) is 11.5. The highest BCUT2D eigenvalue weighted by Gasteiger charge is 2.22. The van der Waals surface area contributed by atoms with E-state index in [1.807, 2.05) is 30.0 Å². The van der Waals surface area contributed by atoms with Crippen molar-refractivity contribution in [2.45, 2.75) is 6.92 Å². The predicted octanol–water partition coefficient (Wildman–Crippen LogP) is 2.83. The van der Waals surface area contributed by atoms with Crippen molar-refractivity contribution in [3.8, 4) is 5.75 Å². The molecule has 0 unspecified atom stereocenters. The predicted molar refractivity (Wildman–Crippen MR) is 94.7 cm³/mol. The molecule has 1 saturated heterocycles. The number of urea groups is 1. The molecule has 24 heavy (non-hydrogen) atoms. The summed E-state index contributed by atoms with van der Waals surface area (Å²) in [5.74, 6) is 0.898. The summed E-state index contributed by atoms with van der Waals surface area (Å²) >= 11 is 0. The zero-order valence-corrected chi connectivity index (χ0v) is 13.8. The first kappa shape index (κ1) is 16.1. The van der Waals surface area contributed by atoms with Crippen molar-refractivity contribution in [2.24, 2.45) is 0 Å². The largest absolute Gasteiger partial charge is 0.492 e. The molecule has 0 radical (unpaired) electrons. The topological polar surface area (TPSA) is 57.7 Å². The van der Waals surface area contributed by atoms with Gasteiger partial charge in [-0.05, 0) is 31.2 Å². The second-order valence-electron chi connectivity index (χ2n) is 5.54. The van der Waals surface area contributed by atoms with Crippen LogP contribution in [-0.4, -0.2) is 48.7 Å². The number of nitrogens with one attached hydrogen (secondary N) is 1. The van der Waals surface area contributed by atoms with Crippen LogP contribution in [0.1, 0.15) is 6.92 Å². The van der Waals surface area contributed by atoms with Gasteiger partial charge in [0.05, 0.1) is 12.3 Å². The van der Waals surface area contributed by atoms with Gasteiger partial charge in [-0.1, -0.05) is 12.1 Å². The third kappa shape index (κ3) is 3.76. The summed E-state index contributed by atoms with van der Waals surface area (Å²) in [4.78, 5) is 20.4. The molecular weight excluding hydrogens is 304 g/mol. The summed E-state index contributed by atoms with van der Waals surface area (Å²) in [6.07, 6.45) is 3.33. The van der Waals surface area contributed by atoms with Crippen LogP contribution in [0.25, 0.3) is 0 Å². The van der Waals surface area contributed by atoms with E-state index in [4.69, 9.17) is 4.74 Å². The number of ether oxygens (including phenoxy) is 1. The highest BCUT2D eigenvalue weighted by molar-refractivity contribution is 5.89. The zero-order valence-electron chi connectivity index (χ0n) is 13.8. The minimum atomic E-state index is -0.0704. The third-order valence-corrected chi connectivity index (χ3v) is 4.00. The van der Waals surface area contributed by atoms with Crippen LogP contribution in [0, 0.1) is 0 Å². The van der Waals surface area contributed by atoms with Gasteiger partial charge in [0, 0.05) is 44.3 Å². The lowest BCUT2D eigenvalue weighted by molar-refractivity contribution is 0.208. The van der Waals surface area contributed by atoms with Crippen LogP contribution in [0.2, 0.25) is 0 Å². The van der Waals surface area contributed by atoms with Gasteiger partial charge in [-0.15, -0.1) is 0 Å². The number of aromatic nitrogens is 1. The number of hydrogen-bond donors (Lipinski definition) is 1. The Labute approximate surface area is 142 Å². The number of anilines is 2. The van der Waals surface area contributed by atoms with Crippen molar-refractivity contribution < 1.29 is 9.53 Å². The molecule has 1 aliphatic rings. The number of piperazine rings is 1. The first-order chi connectivity index (χ1) is 11.8. The van der Waals surface area contributed by atoms with Gasteiger partial charge in [0.2, 0.25) is 0 Å². The highest BCUT2D eigenvalue weighted by Crippen LogP contribution is 2.28. The molecule has 1 aromatic heterocycles. The number of pyridine rings is 1. The summed E-state index contributed by atoms with van der Waals surface area (Å²) in [5, 5.41) is 2.90. The first-order valence-electron chi connectivity index (χ1n) is 8.20. The third-order valence-electron chi connectivity index (χ3n) is 4.00. The maximum atomic E-state index is 12.3. The van der Waals surface area contributed by atoms with E-state index in [1.54, 1.807) is 24.5 Å². The van der Waals surface area contributed by atoms with Crippen LogP contribution >= 0.6 is 0 Å². The van der Waals surface area contributed by atoms with Crippen molar-refractivity contribution in [2.75, 3.05) is 43.0 Å². The van der Waals surface area contributed by atoms with Crippen molar-refractivity contribution in [3.05, 3.63) is 48.8 Å². The zero-order chi connectivity index (χ0) is 16.8. The smallest absolute Gasteiger partial charge is 0.321 e. The molecule has 126 valence electrons. The minimum absolute atomic E-state index is 0.0704. The van der Waals surface area contributed by atoms with Gasteiger partial charge in [-0.25, -0.2) is 4.79 Å². The number of nitrogens with zero attached hydrogens (tertiary/aromatic N) is 3. The molecule has 1 N–H and O–H groups in total. The number of para-hydroxylation sites is 2. The minimum Gasteiger partial charge on any atom is -0.492 e. The van der Waals surface area contributed by atoms with Crippen molar-refractivity contribution in [1.29, 1.82) is 0 Å². The lowest BCUT2D eigenvalue weighted by Gasteiger charge is -2.36. The number of benzene rings is 1. The lowest BCUT2D eigenvalue weighted by Crippen LogP contribution is -2.50. The first-order valence-corrected chi connectivity index (χ1v) is 8.20. The average molecular weight is 326 g/mol. The molecule has 0 saturated carbocycles. The van der Waals surface area contributed by atoms with E-state index in [2.05, 4.69) is 21.3 Å². The Hall–Kier alpha value is -2.76. The van der Waals surface area contributed by atoms with E-state index in [0.717, 1.165) is 30.2 Å². The van der Waals surface area contributed by atoms with E-state index in [9.17, 15) is 4.79 Å². The Morgan fingerprint density at radius 2 is 1.83 bits per heavy atom. The fourth-order valence-corrected chi connectivity index (χ4v) is 2.78. The molecule has 1 fully saturated rings. The summed E-state index contributed by atoms with van der Waals surface area (Å²) in [7, 11) is 0. The number of carbonyl (C=O) groups is 1. The van der Waals surface area contributed by atoms with Crippen LogP contribution < -0.4 is 15.0 Å². The van der Waals surface area contributed by atoms with Crippen LogP contribution in [-0.2, 0) is 0 Å². The highest BCUT2D eigenvalue weighted by atomic mass is 16.5. The Bertz CT molecular complexity index is 670. The lowest BCUT2D eigenvalue weighted by atomic mass is 10.2. The Morgan fingerprint density at radius 3 is 2.54 bits per heavy atom. The molecule has 2 aromatic rings. The van der Waals surface area contributed by atoms with Crippen LogP contribution in [0.4, 0.5) is 16.2 Å². The van der Waals surface area contributed by atoms with Crippen LogP contribution in [0.5, 0.6) is 5.75 Å². The second-order valence-corrected chi connectivity index (χ2v) is 5.54. The number of rotatable bonds is 4. The fourth-order valence-electron chi connectivity index (χ4n) is 2.78. The molecular formula is C18H22N4O2. The van der Waals surface area contributed by atoms with E-state index in [0.29, 0.717) is 19.7 Å². The summed E-state index contributed by atoms with van der Waals surface area (Å²) in [6.45, 7) is 5.56.